The summed E-state index contributed by atoms with van der Waals surface area (Å²) in [5.41, 5.74) is 5.92. The van der Waals surface area contributed by atoms with Gasteiger partial charge in [-0.15, -0.1) is 0 Å². The molecule has 8 heteroatoms. The molecule has 0 unspecified atom stereocenters. The highest BCUT2D eigenvalue weighted by atomic mass is 35.5. The highest BCUT2D eigenvalue weighted by molar-refractivity contribution is 6.41. The van der Waals surface area contributed by atoms with Gasteiger partial charge >= 0.3 is 0 Å². The minimum atomic E-state index is -0.359. The molecule has 0 aliphatic rings. The smallest absolute Gasteiger partial charge is 0.287 e. The van der Waals surface area contributed by atoms with Crippen molar-refractivity contribution in [3.05, 3.63) is 45.2 Å². The summed E-state index contributed by atoms with van der Waals surface area (Å²) in [5, 5.41) is 4.93. The lowest BCUT2D eigenvalue weighted by atomic mass is 10.3. The number of carbonyl (C=O) groups is 1. The molecule has 0 aliphatic carbocycles. The van der Waals surface area contributed by atoms with Gasteiger partial charge in [-0.25, -0.2) is 0 Å². The van der Waals surface area contributed by atoms with Crippen LogP contribution in [0.4, 0.5) is 5.69 Å². The molecule has 19 heavy (non-hydrogen) atoms. The first-order valence-electron chi connectivity index (χ1n) is 5.18. The topological polar surface area (TPSA) is 59.0 Å². The summed E-state index contributed by atoms with van der Waals surface area (Å²) in [6.45, 7) is 0. The lowest BCUT2D eigenvalue weighted by Crippen LogP contribution is -2.31. The van der Waals surface area contributed by atoms with Crippen LogP contribution in [0.1, 0.15) is 10.5 Å². The van der Waals surface area contributed by atoms with Crippen molar-refractivity contribution in [1.29, 1.82) is 0 Å². The summed E-state index contributed by atoms with van der Waals surface area (Å²) in [7, 11) is 1.66. The fourth-order valence-electron chi connectivity index (χ4n) is 1.44. The highest BCUT2D eigenvalue weighted by Gasteiger charge is 2.12. The average Bonchev–Trinajstić information content (AvgIpc) is 2.73. The van der Waals surface area contributed by atoms with E-state index in [0.717, 1.165) is 0 Å². The number of hydrogen-bond acceptors (Lipinski definition) is 3. The first kappa shape index (κ1) is 14.0. The average molecular weight is 320 g/mol. The number of halogens is 3. The van der Waals surface area contributed by atoms with Crippen LogP contribution in [0.5, 0.6) is 0 Å². The number of nitrogens with zero attached hydrogens (tertiary/aromatic N) is 2. The van der Waals surface area contributed by atoms with Gasteiger partial charge in [0.2, 0.25) is 0 Å². The second kappa shape index (κ2) is 5.69. The molecule has 2 aromatic rings. The predicted octanol–water partition coefficient (Wildman–Crippen LogP) is 3.14. The van der Waals surface area contributed by atoms with Gasteiger partial charge in [-0.3, -0.25) is 20.3 Å². The molecule has 1 amide bonds. The number of nitrogens with one attached hydrogen (secondary N) is 2. The van der Waals surface area contributed by atoms with Gasteiger partial charge in [0.25, 0.3) is 5.91 Å². The molecule has 0 saturated heterocycles. The highest BCUT2D eigenvalue weighted by Crippen LogP contribution is 2.33. The zero-order valence-corrected chi connectivity index (χ0v) is 12.0. The quantitative estimate of drug-likeness (QED) is 0.855. The molecular weight excluding hydrogens is 311 g/mol. The number of hydrogen-bond donors (Lipinski definition) is 2. The van der Waals surface area contributed by atoms with Crippen molar-refractivity contribution in [2.24, 2.45) is 7.05 Å². The van der Waals surface area contributed by atoms with Crippen molar-refractivity contribution in [3.63, 3.8) is 0 Å². The molecule has 5 nitrogen and oxygen atoms in total. The Labute approximate surface area is 124 Å². The van der Waals surface area contributed by atoms with E-state index in [-0.39, 0.29) is 5.91 Å². The number of amides is 1. The van der Waals surface area contributed by atoms with Crippen molar-refractivity contribution in [2.75, 3.05) is 5.43 Å². The van der Waals surface area contributed by atoms with Crippen molar-refractivity contribution in [1.82, 2.24) is 15.2 Å². The number of rotatable bonds is 3. The SMILES string of the molecule is Cn1nccc1C(=O)NNc1c(Cl)cc(Cl)cc1Cl. The summed E-state index contributed by atoms with van der Waals surface area (Å²) >= 11 is 17.7. The van der Waals surface area contributed by atoms with Crippen LogP contribution in [0.3, 0.4) is 0 Å². The van der Waals surface area contributed by atoms with Crippen LogP contribution in [-0.2, 0) is 7.05 Å². The van der Waals surface area contributed by atoms with Gasteiger partial charge in [-0.05, 0) is 18.2 Å². The molecule has 0 fully saturated rings. The minimum absolute atomic E-state index is 0.308. The summed E-state index contributed by atoms with van der Waals surface area (Å²) < 4.78 is 1.45. The normalized spacial score (nSPS) is 10.3. The summed E-state index contributed by atoms with van der Waals surface area (Å²) in [4.78, 5) is 11.8. The third-order valence-electron chi connectivity index (χ3n) is 2.36. The molecule has 0 bridgehead atoms. The molecule has 0 radical (unpaired) electrons. The van der Waals surface area contributed by atoms with Crippen LogP contribution >= 0.6 is 34.8 Å². The van der Waals surface area contributed by atoms with Crippen LogP contribution in [0.2, 0.25) is 15.1 Å². The molecule has 0 spiro atoms. The van der Waals surface area contributed by atoms with Crippen LogP contribution in [0, 0.1) is 0 Å². The Kier molecular flexibility index (Phi) is 4.19. The summed E-state index contributed by atoms with van der Waals surface area (Å²) in [5.74, 6) is -0.359. The molecule has 0 saturated carbocycles. The van der Waals surface area contributed by atoms with Crippen molar-refractivity contribution < 1.29 is 4.79 Å². The Hall–Kier alpha value is -1.43. The Bertz CT molecular complexity index is 603. The number of benzene rings is 1. The summed E-state index contributed by atoms with van der Waals surface area (Å²) in [6, 6.07) is 4.63. The molecule has 1 aromatic heterocycles. The lowest BCUT2D eigenvalue weighted by molar-refractivity contribution is 0.0953. The molecule has 0 atom stereocenters. The van der Waals surface area contributed by atoms with E-state index in [2.05, 4.69) is 16.0 Å². The van der Waals surface area contributed by atoms with E-state index in [1.807, 2.05) is 0 Å². The van der Waals surface area contributed by atoms with E-state index < -0.39 is 0 Å². The first-order chi connectivity index (χ1) is 8.99. The Morgan fingerprint density at radius 3 is 2.42 bits per heavy atom. The molecule has 0 aliphatic heterocycles. The number of carbonyl (C=O) groups excluding carboxylic acids is 1. The zero-order chi connectivity index (χ0) is 14.0. The molecule has 1 aromatic carbocycles. The van der Waals surface area contributed by atoms with Gasteiger partial charge in [-0.2, -0.15) is 5.10 Å². The second-order valence-electron chi connectivity index (χ2n) is 3.66. The van der Waals surface area contributed by atoms with Gasteiger partial charge in [0, 0.05) is 18.3 Å². The maximum absolute atomic E-state index is 11.8. The van der Waals surface area contributed by atoms with E-state index in [9.17, 15) is 4.79 Å². The van der Waals surface area contributed by atoms with E-state index in [0.29, 0.717) is 26.4 Å². The maximum atomic E-state index is 11.8. The standard InChI is InChI=1S/C11H9Cl3N4O/c1-18-9(2-3-15-18)11(19)17-16-10-7(13)4-6(12)5-8(10)14/h2-5,16H,1H3,(H,17,19). The molecule has 1 heterocycles. The van der Waals surface area contributed by atoms with Crippen molar-refractivity contribution in [3.8, 4) is 0 Å². The van der Waals surface area contributed by atoms with Gasteiger partial charge < -0.3 is 0 Å². The molecule has 2 rings (SSSR count). The van der Waals surface area contributed by atoms with Gasteiger partial charge in [0.15, 0.2) is 0 Å². The predicted molar refractivity (Wildman–Crippen MR) is 75.8 cm³/mol. The number of hydrazine groups is 1. The van der Waals surface area contributed by atoms with Crippen molar-refractivity contribution >= 4 is 46.4 Å². The van der Waals surface area contributed by atoms with Gasteiger partial charge in [0.1, 0.15) is 5.69 Å². The first-order valence-corrected chi connectivity index (χ1v) is 6.31. The van der Waals surface area contributed by atoms with Gasteiger partial charge in [0.05, 0.1) is 15.7 Å². The fraction of sp³-hybridized carbons (Fsp3) is 0.0909. The fourth-order valence-corrected chi connectivity index (χ4v) is 2.35. The lowest BCUT2D eigenvalue weighted by Gasteiger charge is -2.12. The van der Waals surface area contributed by atoms with E-state index >= 15 is 0 Å². The van der Waals surface area contributed by atoms with Crippen LogP contribution in [-0.4, -0.2) is 15.7 Å². The molecular formula is C11H9Cl3N4O. The molecule has 2 N–H and O–H groups in total. The van der Waals surface area contributed by atoms with Crippen molar-refractivity contribution in [2.45, 2.75) is 0 Å². The summed E-state index contributed by atoms with van der Waals surface area (Å²) in [6.07, 6.45) is 1.52. The zero-order valence-electron chi connectivity index (χ0n) is 9.75. The third kappa shape index (κ3) is 3.12. The maximum Gasteiger partial charge on any atom is 0.287 e. The van der Waals surface area contributed by atoms with Crippen LogP contribution < -0.4 is 10.9 Å². The minimum Gasteiger partial charge on any atom is -0.295 e. The number of aromatic nitrogens is 2. The second-order valence-corrected chi connectivity index (χ2v) is 4.91. The Morgan fingerprint density at radius 1 is 1.26 bits per heavy atom. The van der Waals surface area contributed by atoms with E-state index in [1.54, 1.807) is 13.1 Å². The third-order valence-corrected chi connectivity index (χ3v) is 3.18. The van der Waals surface area contributed by atoms with Crippen LogP contribution in [0.15, 0.2) is 24.4 Å². The molecule has 100 valence electrons. The van der Waals surface area contributed by atoms with Crippen LogP contribution in [0.25, 0.3) is 0 Å². The number of anilines is 1. The van der Waals surface area contributed by atoms with E-state index in [4.69, 9.17) is 34.8 Å². The largest absolute Gasteiger partial charge is 0.295 e. The van der Waals surface area contributed by atoms with E-state index in [1.165, 1.54) is 23.0 Å². The Morgan fingerprint density at radius 2 is 1.89 bits per heavy atom. The van der Waals surface area contributed by atoms with Gasteiger partial charge in [-0.1, -0.05) is 34.8 Å². The number of aryl methyl sites for hydroxylation is 1. The monoisotopic (exact) mass is 318 g/mol. The Balaban J connectivity index is 2.12.